The molecule has 0 aromatic heterocycles. The highest BCUT2D eigenvalue weighted by Crippen LogP contribution is 2.17. The predicted octanol–water partition coefficient (Wildman–Crippen LogP) is 4.61. The van der Waals surface area contributed by atoms with Gasteiger partial charge in [0.25, 0.3) is 11.8 Å². The summed E-state index contributed by atoms with van der Waals surface area (Å²) in [6.45, 7) is 1.65. The molecule has 2 amide bonds. The van der Waals surface area contributed by atoms with Gasteiger partial charge in [0, 0.05) is 34.9 Å². The quantitative estimate of drug-likeness (QED) is 0.873. The van der Waals surface area contributed by atoms with Crippen LogP contribution in [0.25, 0.3) is 0 Å². The first-order valence-corrected chi connectivity index (χ1v) is 8.97. The molecule has 3 rings (SSSR count). The normalized spacial score (nSPS) is 14.7. The van der Waals surface area contributed by atoms with E-state index in [-0.39, 0.29) is 11.8 Å². The van der Waals surface area contributed by atoms with Crippen LogP contribution in [0.15, 0.2) is 48.5 Å². The molecule has 1 saturated heterocycles. The van der Waals surface area contributed by atoms with Gasteiger partial charge < -0.3 is 10.2 Å². The number of nitrogens with one attached hydrogen (secondary N) is 1. The van der Waals surface area contributed by atoms with E-state index in [1.54, 1.807) is 48.5 Å². The van der Waals surface area contributed by atoms with Crippen molar-refractivity contribution in [2.24, 2.45) is 0 Å². The first kappa shape index (κ1) is 17.5. The maximum Gasteiger partial charge on any atom is 0.255 e. The molecule has 0 unspecified atom stereocenters. The molecule has 0 aliphatic carbocycles. The highest BCUT2D eigenvalue weighted by molar-refractivity contribution is 6.30. The highest BCUT2D eigenvalue weighted by Gasteiger charge is 2.17. The third kappa shape index (κ3) is 4.60. The standard InChI is InChI=1S/C20H21ClN2O2/c21-17-9-5-15(6-10-17)19(24)22-18-11-7-16(8-12-18)20(25)23-13-3-1-2-4-14-23/h5-12H,1-4,13-14H2,(H,22,24). The first-order chi connectivity index (χ1) is 12.1. The summed E-state index contributed by atoms with van der Waals surface area (Å²) >= 11 is 5.83. The van der Waals surface area contributed by atoms with Crippen molar-refractivity contribution in [3.8, 4) is 0 Å². The van der Waals surface area contributed by atoms with E-state index >= 15 is 0 Å². The minimum Gasteiger partial charge on any atom is -0.339 e. The Morgan fingerprint density at radius 1 is 0.800 bits per heavy atom. The smallest absolute Gasteiger partial charge is 0.255 e. The van der Waals surface area contributed by atoms with Crippen LogP contribution in [0.4, 0.5) is 5.69 Å². The molecule has 2 aromatic rings. The number of anilines is 1. The number of likely N-dealkylation sites (tertiary alicyclic amines) is 1. The van der Waals surface area contributed by atoms with Gasteiger partial charge in [-0.2, -0.15) is 0 Å². The van der Waals surface area contributed by atoms with Gasteiger partial charge in [-0.25, -0.2) is 0 Å². The number of benzene rings is 2. The first-order valence-electron chi connectivity index (χ1n) is 8.60. The van der Waals surface area contributed by atoms with E-state index in [2.05, 4.69) is 5.32 Å². The molecule has 1 fully saturated rings. The van der Waals surface area contributed by atoms with Crippen LogP contribution in [0, 0.1) is 0 Å². The van der Waals surface area contributed by atoms with Crippen molar-refractivity contribution in [1.29, 1.82) is 0 Å². The second-order valence-corrected chi connectivity index (χ2v) is 6.68. The van der Waals surface area contributed by atoms with E-state index in [1.165, 1.54) is 12.8 Å². The molecule has 0 bridgehead atoms. The molecular formula is C20H21ClN2O2. The third-order valence-corrected chi connectivity index (χ3v) is 4.64. The fourth-order valence-corrected chi connectivity index (χ4v) is 3.08. The van der Waals surface area contributed by atoms with Crippen molar-refractivity contribution >= 4 is 29.1 Å². The van der Waals surface area contributed by atoms with E-state index in [1.807, 2.05) is 4.90 Å². The Balaban J connectivity index is 1.64. The van der Waals surface area contributed by atoms with Crippen molar-refractivity contribution in [2.45, 2.75) is 25.7 Å². The van der Waals surface area contributed by atoms with Gasteiger partial charge in [-0.3, -0.25) is 9.59 Å². The Kier molecular flexibility index (Phi) is 5.71. The minimum atomic E-state index is -0.205. The van der Waals surface area contributed by atoms with Crippen LogP contribution in [0.2, 0.25) is 5.02 Å². The van der Waals surface area contributed by atoms with Crippen LogP contribution < -0.4 is 5.32 Å². The van der Waals surface area contributed by atoms with Crippen LogP contribution in [0.5, 0.6) is 0 Å². The number of hydrogen-bond acceptors (Lipinski definition) is 2. The van der Waals surface area contributed by atoms with E-state index < -0.39 is 0 Å². The number of amides is 2. The zero-order valence-corrected chi connectivity index (χ0v) is 14.8. The maximum atomic E-state index is 12.6. The second kappa shape index (κ2) is 8.17. The third-order valence-electron chi connectivity index (χ3n) is 4.39. The zero-order valence-electron chi connectivity index (χ0n) is 14.0. The lowest BCUT2D eigenvalue weighted by Crippen LogP contribution is -2.31. The lowest BCUT2D eigenvalue weighted by Gasteiger charge is -2.20. The Bertz CT molecular complexity index is 733. The van der Waals surface area contributed by atoms with Crippen LogP contribution >= 0.6 is 11.6 Å². The molecule has 25 heavy (non-hydrogen) atoms. The van der Waals surface area contributed by atoms with Gasteiger partial charge in [0.2, 0.25) is 0 Å². The number of nitrogens with zero attached hydrogens (tertiary/aromatic N) is 1. The molecular weight excluding hydrogens is 336 g/mol. The van der Waals surface area contributed by atoms with Crippen LogP contribution in [0.3, 0.4) is 0 Å². The molecule has 1 N–H and O–H groups in total. The summed E-state index contributed by atoms with van der Waals surface area (Å²) < 4.78 is 0. The van der Waals surface area contributed by atoms with Gasteiger partial charge in [0.15, 0.2) is 0 Å². The summed E-state index contributed by atoms with van der Waals surface area (Å²) in [5.41, 5.74) is 1.85. The molecule has 4 nitrogen and oxygen atoms in total. The van der Waals surface area contributed by atoms with Crippen molar-refractivity contribution in [2.75, 3.05) is 18.4 Å². The van der Waals surface area contributed by atoms with Gasteiger partial charge in [-0.15, -0.1) is 0 Å². The average Bonchev–Trinajstić information content (AvgIpc) is 2.92. The van der Waals surface area contributed by atoms with E-state index in [0.717, 1.165) is 25.9 Å². The molecule has 5 heteroatoms. The van der Waals surface area contributed by atoms with Crippen molar-refractivity contribution in [1.82, 2.24) is 4.90 Å². The number of carbonyl (C=O) groups is 2. The van der Waals surface area contributed by atoms with Gasteiger partial charge in [-0.05, 0) is 61.4 Å². The van der Waals surface area contributed by atoms with Crippen molar-refractivity contribution < 1.29 is 9.59 Å². The topological polar surface area (TPSA) is 49.4 Å². The van der Waals surface area contributed by atoms with Crippen LogP contribution in [0.1, 0.15) is 46.4 Å². The molecule has 1 aliphatic heterocycles. The van der Waals surface area contributed by atoms with Gasteiger partial charge in [0.05, 0.1) is 0 Å². The molecule has 0 spiro atoms. The minimum absolute atomic E-state index is 0.0671. The van der Waals surface area contributed by atoms with Crippen LogP contribution in [-0.4, -0.2) is 29.8 Å². The van der Waals surface area contributed by atoms with Gasteiger partial charge in [-0.1, -0.05) is 24.4 Å². The molecule has 130 valence electrons. The van der Waals surface area contributed by atoms with Crippen molar-refractivity contribution in [3.05, 3.63) is 64.7 Å². The Labute approximate surface area is 152 Å². The lowest BCUT2D eigenvalue weighted by molar-refractivity contribution is 0.0761. The monoisotopic (exact) mass is 356 g/mol. The van der Waals surface area contributed by atoms with E-state index in [4.69, 9.17) is 11.6 Å². The summed E-state index contributed by atoms with van der Waals surface area (Å²) in [5.74, 6) is -0.138. The average molecular weight is 357 g/mol. The highest BCUT2D eigenvalue weighted by atomic mass is 35.5. The number of carbonyl (C=O) groups excluding carboxylic acids is 2. The predicted molar refractivity (Wildman–Crippen MR) is 100 cm³/mol. The lowest BCUT2D eigenvalue weighted by atomic mass is 10.1. The van der Waals surface area contributed by atoms with E-state index in [9.17, 15) is 9.59 Å². The summed E-state index contributed by atoms with van der Waals surface area (Å²) in [6, 6.07) is 13.8. The number of halogens is 1. The van der Waals surface area contributed by atoms with Gasteiger partial charge in [0.1, 0.15) is 0 Å². The molecule has 0 radical (unpaired) electrons. The molecule has 0 saturated carbocycles. The summed E-state index contributed by atoms with van der Waals surface area (Å²) in [5, 5.41) is 3.42. The Morgan fingerprint density at radius 3 is 1.96 bits per heavy atom. The number of hydrogen-bond donors (Lipinski definition) is 1. The number of rotatable bonds is 3. The SMILES string of the molecule is O=C(Nc1ccc(C(=O)N2CCCCCC2)cc1)c1ccc(Cl)cc1. The molecule has 2 aromatic carbocycles. The summed E-state index contributed by atoms with van der Waals surface area (Å²) in [4.78, 5) is 26.7. The fraction of sp³-hybridized carbons (Fsp3) is 0.300. The maximum absolute atomic E-state index is 12.6. The van der Waals surface area contributed by atoms with Crippen LogP contribution in [-0.2, 0) is 0 Å². The Morgan fingerprint density at radius 2 is 1.36 bits per heavy atom. The Hall–Kier alpha value is -2.33. The molecule has 1 aliphatic rings. The molecule has 0 atom stereocenters. The van der Waals surface area contributed by atoms with Gasteiger partial charge >= 0.3 is 0 Å². The largest absolute Gasteiger partial charge is 0.339 e. The summed E-state index contributed by atoms with van der Waals surface area (Å²) in [6.07, 6.45) is 4.53. The van der Waals surface area contributed by atoms with Crippen molar-refractivity contribution in [3.63, 3.8) is 0 Å². The fourth-order valence-electron chi connectivity index (χ4n) is 2.96. The zero-order chi connectivity index (χ0) is 17.6. The second-order valence-electron chi connectivity index (χ2n) is 6.24. The molecule has 1 heterocycles. The van der Waals surface area contributed by atoms with E-state index in [0.29, 0.717) is 21.8 Å². The summed E-state index contributed by atoms with van der Waals surface area (Å²) in [7, 11) is 0.